The SMILES string of the molecule is Cc1ccc(NC(=O)C2CCOC2)cc1C(=O)O. The summed E-state index contributed by atoms with van der Waals surface area (Å²) in [5, 5.41) is 11.7. The molecule has 1 saturated heterocycles. The Morgan fingerprint density at radius 3 is 2.83 bits per heavy atom. The van der Waals surface area contributed by atoms with Crippen LogP contribution in [0, 0.1) is 12.8 Å². The fourth-order valence-electron chi connectivity index (χ4n) is 1.92. The average Bonchev–Trinajstić information content (AvgIpc) is 2.85. The van der Waals surface area contributed by atoms with Gasteiger partial charge in [0.2, 0.25) is 5.91 Å². The van der Waals surface area contributed by atoms with E-state index in [2.05, 4.69) is 5.32 Å². The third-order valence-corrected chi connectivity index (χ3v) is 3.04. The van der Waals surface area contributed by atoms with Gasteiger partial charge in [-0.3, -0.25) is 4.79 Å². The highest BCUT2D eigenvalue weighted by Gasteiger charge is 2.23. The van der Waals surface area contributed by atoms with E-state index in [4.69, 9.17) is 9.84 Å². The molecular weight excluding hydrogens is 234 g/mol. The highest BCUT2D eigenvalue weighted by molar-refractivity contribution is 5.95. The Bertz CT molecular complexity index is 478. The lowest BCUT2D eigenvalue weighted by Crippen LogP contribution is -2.23. The fourth-order valence-corrected chi connectivity index (χ4v) is 1.92. The Kier molecular flexibility index (Phi) is 3.62. The number of hydrogen-bond donors (Lipinski definition) is 2. The molecule has 0 saturated carbocycles. The first kappa shape index (κ1) is 12.6. The number of anilines is 1. The van der Waals surface area contributed by atoms with Gasteiger partial charge in [0.05, 0.1) is 18.1 Å². The molecule has 1 amide bonds. The summed E-state index contributed by atoms with van der Waals surface area (Å²) in [5.41, 5.74) is 1.38. The normalized spacial score (nSPS) is 18.6. The Morgan fingerprint density at radius 1 is 1.44 bits per heavy atom. The third kappa shape index (κ3) is 2.68. The van der Waals surface area contributed by atoms with Crippen molar-refractivity contribution in [3.63, 3.8) is 0 Å². The lowest BCUT2D eigenvalue weighted by Gasteiger charge is -2.10. The molecule has 1 fully saturated rings. The maximum absolute atomic E-state index is 11.8. The van der Waals surface area contributed by atoms with Crippen molar-refractivity contribution in [2.45, 2.75) is 13.3 Å². The smallest absolute Gasteiger partial charge is 0.336 e. The minimum atomic E-state index is -0.993. The van der Waals surface area contributed by atoms with Crippen LogP contribution in [0.1, 0.15) is 22.3 Å². The number of aromatic carboxylic acids is 1. The molecule has 1 aliphatic heterocycles. The summed E-state index contributed by atoms with van der Waals surface area (Å²) in [6.07, 6.45) is 0.712. The summed E-state index contributed by atoms with van der Waals surface area (Å²) >= 11 is 0. The van der Waals surface area contributed by atoms with Crippen molar-refractivity contribution in [3.05, 3.63) is 29.3 Å². The lowest BCUT2D eigenvalue weighted by molar-refractivity contribution is -0.119. The van der Waals surface area contributed by atoms with Crippen molar-refractivity contribution in [1.82, 2.24) is 0 Å². The molecule has 1 heterocycles. The maximum Gasteiger partial charge on any atom is 0.336 e. The van der Waals surface area contributed by atoms with Gasteiger partial charge in [0.1, 0.15) is 0 Å². The number of ether oxygens (including phenoxy) is 1. The Labute approximate surface area is 105 Å². The number of rotatable bonds is 3. The summed E-state index contributed by atoms with van der Waals surface area (Å²) in [5.74, 6) is -1.25. The van der Waals surface area contributed by atoms with E-state index in [9.17, 15) is 9.59 Å². The predicted molar refractivity (Wildman–Crippen MR) is 65.7 cm³/mol. The van der Waals surface area contributed by atoms with Gasteiger partial charge in [0.25, 0.3) is 0 Å². The summed E-state index contributed by atoms with van der Waals surface area (Å²) < 4.78 is 5.14. The summed E-state index contributed by atoms with van der Waals surface area (Å²) in [7, 11) is 0. The van der Waals surface area contributed by atoms with Gasteiger partial charge >= 0.3 is 5.97 Å². The molecule has 2 N–H and O–H groups in total. The number of carboxylic acids is 1. The topological polar surface area (TPSA) is 75.6 Å². The standard InChI is InChI=1S/C13H15NO4/c1-8-2-3-10(6-11(8)13(16)17)14-12(15)9-4-5-18-7-9/h2-3,6,9H,4-5,7H2,1H3,(H,14,15)(H,16,17). The van der Waals surface area contributed by atoms with E-state index in [1.54, 1.807) is 19.1 Å². The van der Waals surface area contributed by atoms with Crippen molar-refractivity contribution in [2.75, 3.05) is 18.5 Å². The van der Waals surface area contributed by atoms with Gasteiger partial charge < -0.3 is 15.2 Å². The first-order chi connectivity index (χ1) is 8.58. The second kappa shape index (κ2) is 5.18. The first-order valence-corrected chi connectivity index (χ1v) is 5.80. The van der Waals surface area contributed by atoms with Crippen molar-refractivity contribution in [3.8, 4) is 0 Å². The maximum atomic E-state index is 11.8. The van der Waals surface area contributed by atoms with E-state index in [-0.39, 0.29) is 17.4 Å². The van der Waals surface area contributed by atoms with Crippen LogP contribution in [-0.4, -0.2) is 30.2 Å². The van der Waals surface area contributed by atoms with Crippen LogP contribution in [-0.2, 0) is 9.53 Å². The summed E-state index contributed by atoms with van der Waals surface area (Å²) in [6.45, 7) is 2.76. The molecule has 0 aliphatic carbocycles. The van der Waals surface area contributed by atoms with Crippen LogP contribution in [0.4, 0.5) is 5.69 Å². The van der Waals surface area contributed by atoms with Gasteiger partial charge in [-0.15, -0.1) is 0 Å². The molecule has 5 nitrogen and oxygen atoms in total. The van der Waals surface area contributed by atoms with Crippen LogP contribution >= 0.6 is 0 Å². The highest BCUT2D eigenvalue weighted by atomic mass is 16.5. The van der Waals surface area contributed by atoms with Crippen molar-refractivity contribution in [1.29, 1.82) is 0 Å². The van der Waals surface area contributed by atoms with Crippen LogP contribution in [0.15, 0.2) is 18.2 Å². The molecule has 1 aromatic carbocycles. The molecule has 0 bridgehead atoms. The predicted octanol–water partition coefficient (Wildman–Crippen LogP) is 1.67. The lowest BCUT2D eigenvalue weighted by atomic mass is 10.1. The second-order valence-electron chi connectivity index (χ2n) is 4.38. The summed E-state index contributed by atoms with van der Waals surface area (Å²) in [4.78, 5) is 22.8. The van der Waals surface area contributed by atoms with E-state index in [1.165, 1.54) is 6.07 Å². The molecule has 96 valence electrons. The molecule has 18 heavy (non-hydrogen) atoms. The third-order valence-electron chi connectivity index (χ3n) is 3.04. The molecule has 1 aromatic rings. The van der Waals surface area contributed by atoms with E-state index in [1.807, 2.05) is 0 Å². The quantitative estimate of drug-likeness (QED) is 0.854. The van der Waals surface area contributed by atoms with Crippen LogP contribution in [0.3, 0.4) is 0 Å². The number of amides is 1. The molecule has 0 spiro atoms. The number of benzene rings is 1. The van der Waals surface area contributed by atoms with E-state index in [0.717, 1.165) is 0 Å². The van der Waals surface area contributed by atoms with Crippen molar-refractivity contribution >= 4 is 17.6 Å². The molecule has 0 aromatic heterocycles. The van der Waals surface area contributed by atoms with Gasteiger partial charge in [-0.05, 0) is 31.0 Å². The first-order valence-electron chi connectivity index (χ1n) is 5.80. The number of carbonyl (C=O) groups is 2. The second-order valence-corrected chi connectivity index (χ2v) is 4.38. The molecule has 5 heteroatoms. The van der Waals surface area contributed by atoms with Gasteiger partial charge in [0, 0.05) is 12.3 Å². The highest BCUT2D eigenvalue weighted by Crippen LogP contribution is 2.18. The van der Waals surface area contributed by atoms with Crippen LogP contribution in [0.2, 0.25) is 0 Å². The van der Waals surface area contributed by atoms with Gasteiger partial charge in [-0.1, -0.05) is 6.07 Å². The van der Waals surface area contributed by atoms with E-state index in [0.29, 0.717) is 30.9 Å². The Morgan fingerprint density at radius 2 is 2.22 bits per heavy atom. The molecule has 2 rings (SSSR count). The van der Waals surface area contributed by atoms with Gasteiger partial charge in [-0.25, -0.2) is 4.79 Å². The van der Waals surface area contributed by atoms with E-state index >= 15 is 0 Å². The van der Waals surface area contributed by atoms with Crippen LogP contribution < -0.4 is 5.32 Å². The number of carboxylic acid groups (broad SMARTS) is 1. The number of aryl methyl sites for hydroxylation is 1. The average molecular weight is 249 g/mol. The van der Waals surface area contributed by atoms with Gasteiger partial charge in [0.15, 0.2) is 0 Å². The minimum Gasteiger partial charge on any atom is -0.478 e. The van der Waals surface area contributed by atoms with Crippen molar-refractivity contribution < 1.29 is 19.4 Å². The Balaban J connectivity index is 2.11. The van der Waals surface area contributed by atoms with Crippen LogP contribution in [0.25, 0.3) is 0 Å². The monoisotopic (exact) mass is 249 g/mol. The van der Waals surface area contributed by atoms with Crippen molar-refractivity contribution in [2.24, 2.45) is 5.92 Å². The molecule has 1 unspecified atom stereocenters. The zero-order valence-corrected chi connectivity index (χ0v) is 10.1. The zero-order chi connectivity index (χ0) is 13.1. The number of nitrogens with one attached hydrogen (secondary N) is 1. The largest absolute Gasteiger partial charge is 0.478 e. The molecule has 0 radical (unpaired) electrons. The summed E-state index contributed by atoms with van der Waals surface area (Å²) in [6, 6.07) is 4.87. The zero-order valence-electron chi connectivity index (χ0n) is 10.1. The number of carbonyl (C=O) groups excluding carboxylic acids is 1. The molecule has 1 atom stereocenters. The minimum absolute atomic E-state index is 0.118. The Hall–Kier alpha value is -1.88. The van der Waals surface area contributed by atoms with E-state index < -0.39 is 5.97 Å². The number of hydrogen-bond acceptors (Lipinski definition) is 3. The molecule has 1 aliphatic rings. The molecular formula is C13H15NO4. The van der Waals surface area contributed by atoms with Gasteiger partial charge in [-0.2, -0.15) is 0 Å². The van der Waals surface area contributed by atoms with Crippen LogP contribution in [0.5, 0.6) is 0 Å². The fraction of sp³-hybridized carbons (Fsp3) is 0.385.